The van der Waals surface area contributed by atoms with Crippen molar-refractivity contribution in [2.45, 2.75) is 26.3 Å². The number of hydrogen-bond donors (Lipinski definition) is 1. The van der Waals surface area contributed by atoms with E-state index in [-0.39, 0.29) is 18.1 Å². The molecule has 0 saturated carbocycles. The van der Waals surface area contributed by atoms with Crippen LogP contribution in [0, 0.1) is 10.1 Å². The maximum Gasteiger partial charge on any atom is 0.270 e. The maximum atomic E-state index is 12.3. The minimum Gasteiger partial charge on any atom is -0.321 e. The SMILES string of the molecule is CCC/C(=N/NC(=O)Cn1cnc2ccccc21)c1cccc([N+](=O)[O-])c1. The Labute approximate surface area is 155 Å². The molecular formula is C19H19N5O3. The van der Waals surface area contributed by atoms with Crippen LogP contribution in [0.3, 0.4) is 0 Å². The van der Waals surface area contributed by atoms with Gasteiger partial charge in [0.15, 0.2) is 0 Å². The van der Waals surface area contributed by atoms with Crippen molar-refractivity contribution in [3.8, 4) is 0 Å². The van der Waals surface area contributed by atoms with Crippen molar-refractivity contribution in [3.05, 3.63) is 70.5 Å². The van der Waals surface area contributed by atoms with Crippen molar-refractivity contribution >= 4 is 28.3 Å². The second-order valence-corrected chi connectivity index (χ2v) is 6.01. The Morgan fingerprint density at radius 3 is 2.85 bits per heavy atom. The Hall–Kier alpha value is -3.55. The molecule has 1 N–H and O–H groups in total. The number of aromatic nitrogens is 2. The average molecular weight is 365 g/mol. The number of carbonyl (C=O) groups is 1. The van der Waals surface area contributed by atoms with Crippen LogP contribution in [0.1, 0.15) is 25.3 Å². The van der Waals surface area contributed by atoms with Gasteiger partial charge in [0.05, 0.1) is 28.0 Å². The number of nitrogens with zero attached hydrogens (tertiary/aromatic N) is 4. The van der Waals surface area contributed by atoms with E-state index in [1.165, 1.54) is 12.1 Å². The summed E-state index contributed by atoms with van der Waals surface area (Å²) >= 11 is 0. The monoisotopic (exact) mass is 365 g/mol. The normalized spacial score (nSPS) is 11.5. The second kappa shape index (κ2) is 8.22. The van der Waals surface area contributed by atoms with Crippen LogP contribution in [0.2, 0.25) is 0 Å². The van der Waals surface area contributed by atoms with Crippen molar-refractivity contribution in [3.63, 3.8) is 0 Å². The van der Waals surface area contributed by atoms with Gasteiger partial charge in [-0.25, -0.2) is 10.4 Å². The van der Waals surface area contributed by atoms with Crippen LogP contribution in [0.25, 0.3) is 11.0 Å². The van der Waals surface area contributed by atoms with Crippen LogP contribution in [0.4, 0.5) is 5.69 Å². The van der Waals surface area contributed by atoms with E-state index in [1.54, 1.807) is 23.0 Å². The zero-order valence-electron chi connectivity index (χ0n) is 14.8. The van der Waals surface area contributed by atoms with Gasteiger partial charge in [-0.3, -0.25) is 14.9 Å². The fourth-order valence-corrected chi connectivity index (χ4v) is 2.76. The first-order valence-electron chi connectivity index (χ1n) is 8.58. The third-order valence-corrected chi connectivity index (χ3v) is 4.03. The van der Waals surface area contributed by atoms with Gasteiger partial charge in [0.25, 0.3) is 11.6 Å². The number of amides is 1. The highest BCUT2D eigenvalue weighted by Crippen LogP contribution is 2.16. The predicted molar refractivity (Wildman–Crippen MR) is 102 cm³/mol. The van der Waals surface area contributed by atoms with E-state index in [4.69, 9.17) is 0 Å². The molecule has 0 aliphatic rings. The van der Waals surface area contributed by atoms with Crippen LogP contribution < -0.4 is 5.43 Å². The number of nitro groups is 1. The van der Waals surface area contributed by atoms with E-state index in [2.05, 4.69) is 15.5 Å². The highest BCUT2D eigenvalue weighted by Gasteiger charge is 2.11. The summed E-state index contributed by atoms with van der Waals surface area (Å²) in [6.45, 7) is 2.06. The lowest BCUT2D eigenvalue weighted by atomic mass is 10.1. The lowest BCUT2D eigenvalue weighted by Gasteiger charge is -2.07. The maximum absolute atomic E-state index is 12.3. The minimum absolute atomic E-state index is 0.00693. The molecule has 3 rings (SSSR count). The summed E-state index contributed by atoms with van der Waals surface area (Å²) in [6.07, 6.45) is 3.00. The number of non-ortho nitro benzene ring substituents is 1. The van der Waals surface area contributed by atoms with Gasteiger partial charge in [-0.05, 0) is 18.6 Å². The first kappa shape index (κ1) is 18.2. The summed E-state index contributed by atoms with van der Waals surface area (Å²) in [7, 11) is 0. The lowest BCUT2D eigenvalue weighted by molar-refractivity contribution is -0.384. The number of benzene rings is 2. The molecule has 1 amide bonds. The van der Waals surface area contributed by atoms with E-state index in [9.17, 15) is 14.9 Å². The smallest absolute Gasteiger partial charge is 0.270 e. The van der Waals surface area contributed by atoms with Gasteiger partial charge >= 0.3 is 0 Å². The molecule has 0 radical (unpaired) electrons. The zero-order chi connectivity index (χ0) is 19.2. The Balaban J connectivity index is 1.75. The van der Waals surface area contributed by atoms with Crippen LogP contribution >= 0.6 is 0 Å². The fraction of sp³-hybridized carbons (Fsp3) is 0.211. The number of hydrazone groups is 1. The predicted octanol–water partition coefficient (Wildman–Crippen LogP) is 3.27. The highest BCUT2D eigenvalue weighted by atomic mass is 16.6. The van der Waals surface area contributed by atoms with Crippen LogP contribution in [0.5, 0.6) is 0 Å². The molecular weight excluding hydrogens is 346 g/mol. The van der Waals surface area contributed by atoms with Gasteiger partial charge in [0, 0.05) is 17.7 Å². The first-order valence-corrected chi connectivity index (χ1v) is 8.58. The third kappa shape index (κ3) is 4.35. The molecule has 0 atom stereocenters. The Morgan fingerprint density at radius 2 is 2.07 bits per heavy atom. The molecule has 0 saturated heterocycles. The van der Waals surface area contributed by atoms with Crippen molar-refractivity contribution in [1.29, 1.82) is 0 Å². The summed E-state index contributed by atoms with van der Waals surface area (Å²) in [5, 5.41) is 15.2. The number of fused-ring (bicyclic) bond motifs is 1. The summed E-state index contributed by atoms with van der Waals surface area (Å²) in [4.78, 5) is 27.1. The highest BCUT2D eigenvalue weighted by molar-refractivity contribution is 6.01. The van der Waals surface area contributed by atoms with E-state index < -0.39 is 4.92 Å². The Morgan fingerprint density at radius 1 is 1.26 bits per heavy atom. The number of nitro benzene ring substituents is 1. The van der Waals surface area contributed by atoms with Crippen LogP contribution in [-0.4, -0.2) is 26.1 Å². The molecule has 0 aliphatic carbocycles. The van der Waals surface area contributed by atoms with Crippen molar-refractivity contribution in [2.24, 2.45) is 5.10 Å². The molecule has 27 heavy (non-hydrogen) atoms. The van der Waals surface area contributed by atoms with Crippen LogP contribution in [-0.2, 0) is 11.3 Å². The van der Waals surface area contributed by atoms with Gasteiger partial charge in [0.1, 0.15) is 6.54 Å². The number of para-hydroxylation sites is 2. The van der Waals surface area contributed by atoms with E-state index >= 15 is 0 Å². The summed E-state index contributed by atoms with van der Waals surface area (Å²) in [5.74, 6) is -0.294. The molecule has 2 aromatic carbocycles. The zero-order valence-corrected chi connectivity index (χ0v) is 14.8. The molecule has 8 nitrogen and oxygen atoms in total. The standard InChI is InChI=1S/C19H19N5O3/c1-2-6-16(14-7-5-8-15(11-14)24(26)27)21-22-19(25)12-23-13-20-17-9-3-4-10-18(17)23/h3-5,7-11,13H,2,6,12H2,1H3,(H,22,25)/b21-16-. The van der Waals surface area contributed by atoms with Gasteiger partial charge < -0.3 is 4.57 Å². The summed E-state index contributed by atoms with van der Waals surface area (Å²) < 4.78 is 1.74. The van der Waals surface area contributed by atoms with E-state index in [0.29, 0.717) is 17.7 Å². The number of nitrogens with one attached hydrogen (secondary N) is 1. The molecule has 0 fully saturated rings. The molecule has 0 aliphatic heterocycles. The number of carbonyl (C=O) groups excluding carboxylic acids is 1. The molecule has 3 aromatic rings. The average Bonchev–Trinajstić information content (AvgIpc) is 3.08. The summed E-state index contributed by atoms with van der Waals surface area (Å²) in [5.41, 5.74) is 5.45. The van der Waals surface area contributed by atoms with Crippen LogP contribution in [0.15, 0.2) is 60.0 Å². The number of imidazole rings is 1. The molecule has 1 heterocycles. The topological polar surface area (TPSA) is 102 Å². The molecule has 1 aromatic heterocycles. The molecule has 138 valence electrons. The number of rotatable bonds is 7. The van der Waals surface area contributed by atoms with Gasteiger partial charge in [-0.15, -0.1) is 0 Å². The second-order valence-electron chi connectivity index (χ2n) is 6.01. The molecule has 8 heteroatoms. The largest absolute Gasteiger partial charge is 0.321 e. The van der Waals surface area contributed by atoms with Crippen molar-refractivity contribution in [2.75, 3.05) is 0 Å². The minimum atomic E-state index is -0.449. The van der Waals surface area contributed by atoms with E-state index in [0.717, 1.165) is 17.5 Å². The third-order valence-electron chi connectivity index (χ3n) is 4.03. The summed E-state index contributed by atoms with van der Waals surface area (Å²) in [6, 6.07) is 13.8. The fourth-order valence-electron chi connectivity index (χ4n) is 2.76. The molecule has 0 bridgehead atoms. The van der Waals surface area contributed by atoms with E-state index in [1.807, 2.05) is 31.2 Å². The number of hydrogen-bond acceptors (Lipinski definition) is 5. The van der Waals surface area contributed by atoms with Crippen molar-refractivity contribution < 1.29 is 9.72 Å². The Kier molecular flexibility index (Phi) is 5.55. The van der Waals surface area contributed by atoms with Gasteiger partial charge in [-0.1, -0.05) is 37.6 Å². The molecule has 0 unspecified atom stereocenters. The molecule has 0 spiro atoms. The first-order chi connectivity index (χ1) is 13.1. The quantitative estimate of drug-likeness (QED) is 0.394. The van der Waals surface area contributed by atoms with Gasteiger partial charge in [0.2, 0.25) is 0 Å². The van der Waals surface area contributed by atoms with Crippen molar-refractivity contribution in [1.82, 2.24) is 15.0 Å². The lowest BCUT2D eigenvalue weighted by Crippen LogP contribution is -2.24. The Bertz CT molecular complexity index is 1010. The van der Waals surface area contributed by atoms with Gasteiger partial charge in [-0.2, -0.15) is 5.10 Å².